The van der Waals surface area contributed by atoms with E-state index >= 15 is 0 Å². The van der Waals surface area contributed by atoms with Crippen LogP contribution in [0.15, 0.2) is 24.5 Å². The molecule has 0 aliphatic carbocycles. The Labute approximate surface area is 130 Å². The maximum atomic E-state index is 4.41. The van der Waals surface area contributed by atoms with Crippen molar-refractivity contribution in [1.82, 2.24) is 30.0 Å². The molecule has 1 saturated heterocycles. The molecule has 0 spiro atoms. The first-order valence-corrected chi connectivity index (χ1v) is 7.99. The molecule has 1 fully saturated rings. The molecule has 4 rings (SSSR count). The highest BCUT2D eigenvalue weighted by molar-refractivity contribution is 5.53. The van der Waals surface area contributed by atoms with Crippen LogP contribution in [-0.2, 0) is 13.1 Å². The SMILES string of the molecule is CC1(CN2CCn3c(nnc3-c3cccnc3)C2)CCNC1. The summed E-state index contributed by atoms with van der Waals surface area (Å²) in [5.74, 6) is 2.01. The van der Waals surface area contributed by atoms with Gasteiger partial charge in [0.2, 0.25) is 0 Å². The van der Waals surface area contributed by atoms with E-state index in [9.17, 15) is 0 Å². The summed E-state index contributed by atoms with van der Waals surface area (Å²) in [4.78, 5) is 6.70. The van der Waals surface area contributed by atoms with E-state index in [1.807, 2.05) is 18.3 Å². The van der Waals surface area contributed by atoms with Gasteiger partial charge in [-0.25, -0.2) is 0 Å². The Bertz CT molecular complexity index is 644. The lowest BCUT2D eigenvalue weighted by molar-refractivity contribution is 0.144. The van der Waals surface area contributed by atoms with Gasteiger partial charge in [-0.05, 0) is 30.5 Å². The van der Waals surface area contributed by atoms with Crippen LogP contribution in [-0.4, -0.2) is 50.8 Å². The zero-order valence-corrected chi connectivity index (χ0v) is 13.0. The number of pyridine rings is 1. The van der Waals surface area contributed by atoms with Gasteiger partial charge in [-0.2, -0.15) is 0 Å². The first-order valence-electron chi connectivity index (χ1n) is 7.99. The molecule has 22 heavy (non-hydrogen) atoms. The fourth-order valence-corrected chi connectivity index (χ4v) is 3.59. The minimum Gasteiger partial charge on any atom is -0.316 e. The van der Waals surface area contributed by atoms with Gasteiger partial charge < -0.3 is 9.88 Å². The second kappa shape index (κ2) is 5.44. The van der Waals surface area contributed by atoms with Crippen molar-refractivity contribution in [2.75, 3.05) is 26.2 Å². The summed E-state index contributed by atoms with van der Waals surface area (Å²) in [6.07, 6.45) is 4.90. The fraction of sp³-hybridized carbons (Fsp3) is 0.562. The van der Waals surface area contributed by atoms with E-state index in [1.165, 1.54) is 6.42 Å². The summed E-state index contributed by atoms with van der Waals surface area (Å²) >= 11 is 0. The van der Waals surface area contributed by atoms with Crippen LogP contribution < -0.4 is 5.32 Å². The summed E-state index contributed by atoms with van der Waals surface area (Å²) in [5, 5.41) is 12.3. The monoisotopic (exact) mass is 298 g/mol. The van der Waals surface area contributed by atoms with Gasteiger partial charge in [-0.15, -0.1) is 10.2 Å². The highest BCUT2D eigenvalue weighted by Crippen LogP contribution is 2.28. The molecule has 0 saturated carbocycles. The van der Waals surface area contributed by atoms with Crippen LogP contribution >= 0.6 is 0 Å². The van der Waals surface area contributed by atoms with Crippen molar-refractivity contribution in [3.63, 3.8) is 0 Å². The Hall–Kier alpha value is -1.79. The lowest BCUT2D eigenvalue weighted by Crippen LogP contribution is -2.41. The van der Waals surface area contributed by atoms with E-state index in [1.54, 1.807) is 6.20 Å². The molecule has 2 aromatic rings. The normalized spacial score (nSPS) is 25.3. The number of fused-ring (bicyclic) bond motifs is 1. The third kappa shape index (κ3) is 2.53. The van der Waals surface area contributed by atoms with Crippen molar-refractivity contribution < 1.29 is 0 Å². The third-order valence-electron chi connectivity index (χ3n) is 4.81. The molecule has 6 nitrogen and oxygen atoms in total. The predicted molar refractivity (Wildman–Crippen MR) is 84.1 cm³/mol. The second-order valence-electron chi connectivity index (χ2n) is 6.78. The van der Waals surface area contributed by atoms with Crippen molar-refractivity contribution in [3.05, 3.63) is 30.4 Å². The highest BCUT2D eigenvalue weighted by Gasteiger charge is 2.32. The molecule has 1 atom stereocenters. The molecule has 2 aromatic heterocycles. The van der Waals surface area contributed by atoms with E-state index in [0.717, 1.165) is 56.5 Å². The average Bonchev–Trinajstić information content (AvgIpc) is 3.14. The lowest BCUT2D eigenvalue weighted by atomic mass is 9.89. The number of hydrogen-bond acceptors (Lipinski definition) is 5. The molecule has 4 heterocycles. The van der Waals surface area contributed by atoms with Crippen LogP contribution in [0.1, 0.15) is 19.2 Å². The Morgan fingerprint density at radius 1 is 1.32 bits per heavy atom. The summed E-state index contributed by atoms with van der Waals surface area (Å²) in [6, 6.07) is 3.99. The number of nitrogens with zero attached hydrogens (tertiary/aromatic N) is 5. The van der Waals surface area contributed by atoms with Crippen molar-refractivity contribution in [3.8, 4) is 11.4 Å². The fourth-order valence-electron chi connectivity index (χ4n) is 3.59. The smallest absolute Gasteiger partial charge is 0.165 e. The van der Waals surface area contributed by atoms with Crippen LogP contribution in [0.4, 0.5) is 0 Å². The molecule has 116 valence electrons. The minimum absolute atomic E-state index is 0.397. The molecular formula is C16H22N6. The maximum absolute atomic E-state index is 4.41. The molecule has 1 N–H and O–H groups in total. The molecule has 0 amide bonds. The quantitative estimate of drug-likeness (QED) is 0.921. The molecule has 0 bridgehead atoms. The molecule has 6 heteroatoms. The van der Waals surface area contributed by atoms with Gasteiger partial charge in [0.1, 0.15) is 5.82 Å². The summed E-state index contributed by atoms with van der Waals surface area (Å²) in [5.41, 5.74) is 1.44. The highest BCUT2D eigenvalue weighted by atomic mass is 15.3. The summed E-state index contributed by atoms with van der Waals surface area (Å²) in [6.45, 7) is 8.69. The van der Waals surface area contributed by atoms with Crippen LogP contribution in [0.2, 0.25) is 0 Å². The van der Waals surface area contributed by atoms with E-state index in [-0.39, 0.29) is 0 Å². The van der Waals surface area contributed by atoms with Gasteiger partial charge in [0.05, 0.1) is 6.54 Å². The van der Waals surface area contributed by atoms with Crippen LogP contribution in [0.25, 0.3) is 11.4 Å². The number of hydrogen-bond donors (Lipinski definition) is 1. The largest absolute Gasteiger partial charge is 0.316 e. The average molecular weight is 298 g/mol. The summed E-state index contributed by atoms with van der Waals surface area (Å²) in [7, 11) is 0. The first kappa shape index (κ1) is 13.8. The molecule has 1 unspecified atom stereocenters. The van der Waals surface area contributed by atoms with Crippen molar-refractivity contribution in [2.45, 2.75) is 26.4 Å². The third-order valence-corrected chi connectivity index (χ3v) is 4.81. The number of aromatic nitrogens is 4. The van der Waals surface area contributed by atoms with Gasteiger partial charge >= 0.3 is 0 Å². The zero-order chi connectivity index (χ0) is 15.0. The maximum Gasteiger partial charge on any atom is 0.165 e. The standard InChI is InChI=1S/C16H22N6/c1-16(4-6-18-11-16)12-21-7-8-22-14(10-21)19-20-15(22)13-3-2-5-17-9-13/h2-3,5,9,18H,4,6-8,10-12H2,1H3. The molecule has 0 radical (unpaired) electrons. The van der Waals surface area contributed by atoms with Gasteiger partial charge in [0, 0.05) is 44.1 Å². The van der Waals surface area contributed by atoms with Crippen LogP contribution in [0.5, 0.6) is 0 Å². The first-order chi connectivity index (χ1) is 10.7. The van der Waals surface area contributed by atoms with Crippen LogP contribution in [0.3, 0.4) is 0 Å². The van der Waals surface area contributed by atoms with Crippen molar-refractivity contribution in [1.29, 1.82) is 0 Å². The van der Waals surface area contributed by atoms with E-state index in [2.05, 4.69) is 36.9 Å². The topological polar surface area (TPSA) is 58.9 Å². The summed E-state index contributed by atoms with van der Waals surface area (Å²) < 4.78 is 2.24. The Morgan fingerprint density at radius 3 is 3.05 bits per heavy atom. The van der Waals surface area contributed by atoms with E-state index in [0.29, 0.717) is 5.41 Å². The van der Waals surface area contributed by atoms with E-state index in [4.69, 9.17) is 0 Å². The predicted octanol–water partition coefficient (Wildman–Crippen LogP) is 1.16. The van der Waals surface area contributed by atoms with Gasteiger partial charge in [-0.1, -0.05) is 6.92 Å². The lowest BCUT2D eigenvalue weighted by Gasteiger charge is -2.34. The molecule has 0 aromatic carbocycles. The number of nitrogens with one attached hydrogen (secondary N) is 1. The van der Waals surface area contributed by atoms with Gasteiger partial charge in [-0.3, -0.25) is 9.88 Å². The second-order valence-corrected chi connectivity index (χ2v) is 6.78. The Morgan fingerprint density at radius 2 is 2.27 bits per heavy atom. The Kier molecular flexibility index (Phi) is 3.43. The van der Waals surface area contributed by atoms with Gasteiger partial charge in [0.15, 0.2) is 5.82 Å². The van der Waals surface area contributed by atoms with Crippen molar-refractivity contribution >= 4 is 0 Å². The van der Waals surface area contributed by atoms with Gasteiger partial charge in [0.25, 0.3) is 0 Å². The van der Waals surface area contributed by atoms with E-state index < -0.39 is 0 Å². The minimum atomic E-state index is 0.397. The molecular weight excluding hydrogens is 276 g/mol. The molecule has 2 aliphatic heterocycles. The van der Waals surface area contributed by atoms with Crippen LogP contribution in [0, 0.1) is 5.41 Å². The number of rotatable bonds is 3. The Balaban J connectivity index is 1.52. The molecule has 2 aliphatic rings. The zero-order valence-electron chi connectivity index (χ0n) is 13.0. The van der Waals surface area contributed by atoms with Crippen molar-refractivity contribution in [2.24, 2.45) is 5.41 Å².